The maximum Gasteiger partial charge on any atom is 0.321 e. The number of benzene rings is 1. The molecule has 5 heteroatoms. The molecule has 2 aromatic rings. The van der Waals surface area contributed by atoms with Crippen molar-refractivity contribution in [3.05, 3.63) is 24.3 Å². The maximum atomic E-state index is 11.8. The fraction of sp³-hybridized carbons (Fsp3) is 0.385. The molecule has 94 valence electrons. The number of carbonyl (C=O) groups excluding carboxylic acids is 1. The molecule has 0 unspecified atom stereocenters. The Morgan fingerprint density at radius 3 is 2.83 bits per heavy atom. The molecule has 1 aromatic carbocycles. The van der Waals surface area contributed by atoms with E-state index in [9.17, 15) is 4.79 Å². The number of thiazole rings is 1. The standard InChI is InChI=1S/C13H15N3OS/c17-12(14-9-5-1-2-6-9)16-13-15-10-7-3-4-8-11(10)18-13/h3-4,7-9H,1-2,5-6H2,(H2,14,15,16,17). The van der Waals surface area contributed by atoms with Crippen LogP contribution in [0.4, 0.5) is 9.93 Å². The molecule has 3 rings (SSSR count). The first kappa shape index (κ1) is 11.5. The molecule has 1 aliphatic rings. The zero-order valence-corrected chi connectivity index (χ0v) is 10.8. The second-order valence-corrected chi connectivity index (χ2v) is 5.60. The van der Waals surface area contributed by atoms with Crippen LogP contribution in [0.5, 0.6) is 0 Å². The second kappa shape index (κ2) is 4.94. The molecule has 18 heavy (non-hydrogen) atoms. The lowest BCUT2D eigenvalue weighted by molar-refractivity contribution is 0.248. The van der Waals surface area contributed by atoms with Crippen LogP contribution in [0.2, 0.25) is 0 Å². The largest absolute Gasteiger partial charge is 0.335 e. The molecular formula is C13H15N3OS. The van der Waals surface area contributed by atoms with Crippen molar-refractivity contribution in [2.45, 2.75) is 31.7 Å². The molecule has 1 fully saturated rings. The Balaban J connectivity index is 1.66. The summed E-state index contributed by atoms with van der Waals surface area (Å²) < 4.78 is 1.09. The number of hydrogen-bond acceptors (Lipinski definition) is 3. The van der Waals surface area contributed by atoms with Gasteiger partial charge in [0.15, 0.2) is 5.13 Å². The van der Waals surface area contributed by atoms with Crippen LogP contribution < -0.4 is 10.6 Å². The van der Waals surface area contributed by atoms with E-state index in [1.54, 1.807) is 0 Å². The predicted octanol–water partition coefficient (Wildman–Crippen LogP) is 3.36. The number of fused-ring (bicyclic) bond motifs is 1. The Bertz CT molecular complexity index is 527. The van der Waals surface area contributed by atoms with Gasteiger partial charge in [0, 0.05) is 6.04 Å². The van der Waals surface area contributed by atoms with E-state index in [4.69, 9.17) is 0 Å². The number of hydrogen-bond donors (Lipinski definition) is 2. The molecule has 0 bridgehead atoms. The highest BCUT2D eigenvalue weighted by atomic mass is 32.1. The quantitative estimate of drug-likeness (QED) is 0.871. The fourth-order valence-electron chi connectivity index (χ4n) is 2.31. The summed E-state index contributed by atoms with van der Waals surface area (Å²) in [6.45, 7) is 0. The Kier molecular flexibility index (Phi) is 3.15. The molecule has 0 radical (unpaired) electrons. The Labute approximate surface area is 109 Å². The van der Waals surface area contributed by atoms with Crippen molar-refractivity contribution in [2.24, 2.45) is 0 Å². The normalized spacial score (nSPS) is 16.0. The minimum Gasteiger partial charge on any atom is -0.335 e. The van der Waals surface area contributed by atoms with Crippen LogP contribution in [0.15, 0.2) is 24.3 Å². The van der Waals surface area contributed by atoms with Gasteiger partial charge in [-0.2, -0.15) is 0 Å². The first-order chi connectivity index (χ1) is 8.81. The van der Waals surface area contributed by atoms with Gasteiger partial charge in [-0.05, 0) is 25.0 Å². The van der Waals surface area contributed by atoms with Gasteiger partial charge >= 0.3 is 6.03 Å². The Hall–Kier alpha value is -1.62. The van der Waals surface area contributed by atoms with Gasteiger partial charge in [0.2, 0.25) is 0 Å². The van der Waals surface area contributed by atoms with E-state index in [1.165, 1.54) is 24.2 Å². The monoisotopic (exact) mass is 261 g/mol. The molecule has 4 nitrogen and oxygen atoms in total. The van der Waals surface area contributed by atoms with Crippen LogP contribution in [0, 0.1) is 0 Å². The van der Waals surface area contributed by atoms with Gasteiger partial charge in [0.1, 0.15) is 0 Å². The lowest BCUT2D eigenvalue weighted by Crippen LogP contribution is -2.36. The molecule has 0 aliphatic heterocycles. The highest BCUT2D eigenvalue weighted by Crippen LogP contribution is 2.25. The number of nitrogens with one attached hydrogen (secondary N) is 2. The summed E-state index contributed by atoms with van der Waals surface area (Å²) in [7, 11) is 0. The molecule has 0 spiro atoms. The molecule has 1 saturated carbocycles. The zero-order chi connectivity index (χ0) is 12.4. The zero-order valence-electron chi connectivity index (χ0n) is 9.98. The first-order valence-corrected chi connectivity index (χ1v) is 7.06. The Morgan fingerprint density at radius 2 is 2.06 bits per heavy atom. The minimum absolute atomic E-state index is 0.138. The van der Waals surface area contributed by atoms with Crippen molar-refractivity contribution >= 4 is 32.7 Å². The molecule has 1 heterocycles. The van der Waals surface area contributed by atoms with Crippen molar-refractivity contribution in [3.63, 3.8) is 0 Å². The van der Waals surface area contributed by atoms with Crippen LogP contribution in [0.25, 0.3) is 10.2 Å². The van der Waals surface area contributed by atoms with E-state index in [0.717, 1.165) is 23.1 Å². The molecular weight excluding hydrogens is 246 g/mol. The third kappa shape index (κ3) is 2.46. The molecule has 2 amide bonds. The van der Waals surface area contributed by atoms with E-state index in [1.807, 2.05) is 24.3 Å². The molecule has 2 N–H and O–H groups in total. The van der Waals surface area contributed by atoms with Gasteiger partial charge in [-0.1, -0.05) is 36.3 Å². The summed E-state index contributed by atoms with van der Waals surface area (Å²) in [5.41, 5.74) is 0.929. The molecule has 1 aromatic heterocycles. The summed E-state index contributed by atoms with van der Waals surface area (Å²) >= 11 is 1.50. The minimum atomic E-state index is -0.138. The van der Waals surface area contributed by atoms with Gasteiger partial charge in [-0.25, -0.2) is 9.78 Å². The molecule has 0 atom stereocenters. The SMILES string of the molecule is O=C(Nc1nc2ccccc2s1)NC1CCCC1. The van der Waals surface area contributed by atoms with E-state index < -0.39 is 0 Å². The summed E-state index contributed by atoms with van der Waals surface area (Å²) in [6.07, 6.45) is 4.61. The molecule has 1 aliphatic carbocycles. The fourth-order valence-corrected chi connectivity index (χ4v) is 3.18. The average molecular weight is 261 g/mol. The van der Waals surface area contributed by atoms with E-state index in [-0.39, 0.29) is 6.03 Å². The topological polar surface area (TPSA) is 54.0 Å². The van der Waals surface area contributed by atoms with Gasteiger partial charge < -0.3 is 5.32 Å². The summed E-state index contributed by atoms with van der Waals surface area (Å²) in [5, 5.41) is 6.46. The van der Waals surface area contributed by atoms with E-state index in [2.05, 4.69) is 15.6 Å². The lowest BCUT2D eigenvalue weighted by atomic mass is 10.3. The summed E-state index contributed by atoms with van der Waals surface area (Å²) in [4.78, 5) is 16.2. The van der Waals surface area contributed by atoms with Gasteiger partial charge in [-0.3, -0.25) is 5.32 Å². The summed E-state index contributed by atoms with van der Waals surface area (Å²) in [6, 6.07) is 8.08. The van der Waals surface area contributed by atoms with Crippen LogP contribution in [-0.4, -0.2) is 17.1 Å². The van der Waals surface area contributed by atoms with Crippen LogP contribution in [-0.2, 0) is 0 Å². The number of amides is 2. The predicted molar refractivity (Wildman–Crippen MR) is 74.0 cm³/mol. The molecule has 0 saturated heterocycles. The number of rotatable bonds is 2. The van der Waals surface area contributed by atoms with Crippen molar-refractivity contribution in [1.82, 2.24) is 10.3 Å². The summed E-state index contributed by atoms with van der Waals surface area (Å²) in [5.74, 6) is 0. The number of nitrogens with zero attached hydrogens (tertiary/aromatic N) is 1. The first-order valence-electron chi connectivity index (χ1n) is 6.24. The number of urea groups is 1. The number of carbonyl (C=O) groups is 1. The van der Waals surface area contributed by atoms with Crippen LogP contribution in [0.1, 0.15) is 25.7 Å². The smallest absolute Gasteiger partial charge is 0.321 e. The second-order valence-electron chi connectivity index (χ2n) is 4.57. The van der Waals surface area contributed by atoms with Crippen LogP contribution in [0.3, 0.4) is 0 Å². The van der Waals surface area contributed by atoms with Gasteiger partial charge in [-0.15, -0.1) is 0 Å². The van der Waals surface area contributed by atoms with Crippen molar-refractivity contribution in [2.75, 3.05) is 5.32 Å². The van der Waals surface area contributed by atoms with E-state index >= 15 is 0 Å². The van der Waals surface area contributed by atoms with Crippen molar-refractivity contribution in [1.29, 1.82) is 0 Å². The maximum absolute atomic E-state index is 11.8. The van der Waals surface area contributed by atoms with Crippen molar-refractivity contribution < 1.29 is 4.79 Å². The average Bonchev–Trinajstić information content (AvgIpc) is 2.96. The lowest BCUT2D eigenvalue weighted by Gasteiger charge is -2.11. The number of para-hydroxylation sites is 1. The highest BCUT2D eigenvalue weighted by molar-refractivity contribution is 7.22. The number of anilines is 1. The Morgan fingerprint density at radius 1 is 1.28 bits per heavy atom. The third-order valence-electron chi connectivity index (χ3n) is 3.20. The van der Waals surface area contributed by atoms with E-state index in [0.29, 0.717) is 11.2 Å². The van der Waals surface area contributed by atoms with Crippen LogP contribution >= 0.6 is 11.3 Å². The highest BCUT2D eigenvalue weighted by Gasteiger charge is 2.17. The van der Waals surface area contributed by atoms with Gasteiger partial charge in [0.25, 0.3) is 0 Å². The third-order valence-corrected chi connectivity index (χ3v) is 4.16. The van der Waals surface area contributed by atoms with Gasteiger partial charge in [0.05, 0.1) is 10.2 Å². The van der Waals surface area contributed by atoms with Crippen molar-refractivity contribution in [3.8, 4) is 0 Å². The number of aromatic nitrogens is 1.